The Balaban J connectivity index is 2.61. The molecule has 2 rings (SSSR count). The fourth-order valence-electron chi connectivity index (χ4n) is 1.77. The molecule has 4 heteroatoms. The van der Waals surface area contributed by atoms with Gasteiger partial charge in [0.2, 0.25) is 0 Å². The van der Waals surface area contributed by atoms with Gasteiger partial charge in [0.1, 0.15) is 0 Å². The van der Waals surface area contributed by atoms with E-state index >= 15 is 0 Å². The summed E-state index contributed by atoms with van der Waals surface area (Å²) in [6.07, 6.45) is 2.50. The van der Waals surface area contributed by atoms with Crippen LogP contribution in [0.3, 0.4) is 0 Å². The smallest absolute Gasteiger partial charge is 0.307 e. The number of hydrogen-bond acceptors (Lipinski definition) is 2. The van der Waals surface area contributed by atoms with Crippen molar-refractivity contribution in [3.63, 3.8) is 0 Å². The zero-order valence-electron chi connectivity index (χ0n) is 8.45. The largest absolute Gasteiger partial charge is 0.481 e. The van der Waals surface area contributed by atoms with Crippen LogP contribution in [-0.2, 0) is 17.6 Å². The van der Waals surface area contributed by atoms with Crippen molar-refractivity contribution in [2.24, 2.45) is 0 Å². The minimum absolute atomic E-state index is 0.0280. The quantitative estimate of drug-likeness (QED) is 0.800. The Kier molecular flexibility index (Phi) is 2.41. The van der Waals surface area contributed by atoms with Gasteiger partial charge >= 0.3 is 5.97 Å². The molecule has 0 aliphatic carbocycles. The number of H-pyrrole nitrogens is 1. The predicted molar refractivity (Wildman–Crippen MR) is 56.8 cm³/mol. The fourth-order valence-corrected chi connectivity index (χ4v) is 1.77. The van der Waals surface area contributed by atoms with E-state index in [1.54, 1.807) is 6.20 Å². The molecule has 0 aliphatic rings. The molecule has 0 aliphatic heterocycles. The highest BCUT2D eigenvalue weighted by atomic mass is 16.4. The fraction of sp³-hybridized carbons (Fsp3) is 0.273. The number of aromatic nitrogens is 2. The van der Waals surface area contributed by atoms with Crippen LogP contribution in [-0.4, -0.2) is 21.0 Å². The van der Waals surface area contributed by atoms with Crippen LogP contribution in [0.2, 0.25) is 0 Å². The number of rotatable bonds is 3. The molecular weight excluding hydrogens is 192 g/mol. The molecule has 0 spiro atoms. The first-order valence-electron chi connectivity index (χ1n) is 4.88. The van der Waals surface area contributed by atoms with Gasteiger partial charge in [0.05, 0.1) is 17.5 Å². The molecular formula is C11H12N2O2. The first-order valence-corrected chi connectivity index (χ1v) is 4.88. The van der Waals surface area contributed by atoms with Gasteiger partial charge in [0.25, 0.3) is 0 Å². The third-order valence-electron chi connectivity index (χ3n) is 2.42. The van der Waals surface area contributed by atoms with E-state index in [9.17, 15) is 4.79 Å². The summed E-state index contributed by atoms with van der Waals surface area (Å²) < 4.78 is 0. The Morgan fingerprint density at radius 2 is 2.40 bits per heavy atom. The molecule has 4 nitrogen and oxygen atoms in total. The molecule has 78 valence electrons. The van der Waals surface area contributed by atoms with Crippen molar-refractivity contribution >= 4 is 17.0 Å². The minimum atomic E-state index is -0.823. The van der Waals surface area contributed by atoms with Gasteiger partial charge in [-0.3, -0.25) is 9.78 Å². The first-order chi connectivity index (χ1) is 7.22. The van der Waals surface area contributed by atoms with Crippen molar-refractivity contribution in [3.05, 3.63) is 29.6 Å². The van der Waals surface area contributed by atoms with Gasteiger partial charge in [-0.1, -0.05) is 6.92 Å². The van der Waals surface area contributed by atoms with Crippen LogP contribution in [0.5, 0.6) is 0 Å². The Labute approximate surface area is 87.0 Å². The van der Waals surface area contributed by atoms with E-state index in [1.807, 2.05) is 19.1 Å². The number of carboxylic acids is 1. The third kappa shape index (κ3) is 1.70. The lowest BCUT2D eigenvalue weighted by molar-refractivity contribution is -0.136. The van der Waals surface area contributed by atoms with Gasteiger partial charge in [0, 0.05) is 17.5 Å². The molecule has 0 aromatic carbocycles. The molecule has 0 fully saturated rings. The monoisotopic (exact) mass is 204 g/mol. The van der Waals surface area contributed by atoms with E-state index in [0.29, 0.717) is 0 Å². The third-order valence-corrected chi connectivity index (χ3v) is 2.42. The maximum Gasteiger partial charge on any atom is 0.307 e. The second kappa shape index (κ2) is 3.73. The van der Waals surface area contributed by atoms with Crippen LogP contribution >= 0.6 is 0 Å². The van der Waals surface area contributed by atoms with Crippen LogP contribution in [0.1, 0.15) is 18.2 Å². The van der Waals surface area contributed by atoms with E-state index in [1.165, 1.54) is 0 Å². The summed E-state index contributed by atoms with van der Waals surface area (Å²) >= 11 is 0. The summed E-state index contributed by atoms with van der Waals surface area (Å²) in [5.74, 6) is -0.823. The summed E-state index contributed by atoms with van der Waals surface area (Å²) in [6.45, 7) is 2.00. The normalized spacial score (nSPS) is 10.7. The van der Waals surface area contributed by atoms with Crippen LogP contribution in [0.25, 0.3) is 11.0 Å². The SMILES string of the molecule is CCc1[nH]c2cccnc2c1CC(=O)O. The van der Waals surface area contributed by atoms with Gasteiger partial charge in [-0.2, -0.15) is 0 Å². The van der Waals surface area contributed by atoms with Crippen LogP contribution in [0.4, 0.5) is 0 Å². The summed E-state index contributed by atoms with van der Waals surface area (Å²) in [5, 5.41) is 8.82. The molecule has 0 unspecified atom stereocenters. The van der Waals surface area contributed by atoms with Gasteiger partial charge < -0.3 is 10.1 Å². The van der Waals surface area contributed by atoms with Crippen molar-refractivity contribution in [2.75, 3.05) is 0 Å². The van der Waals surface area contributed by atoms with Crippen molar-refractivity contribution in [2.45, 2.75) is 19.8 Å². The highest BCUT2D eigenvalue weighted by Crippen LogP contribution is 2.21. The predicted octanol–water partition coefficient (Wildman–Crippen LogP) is 1.75. The Morgan fingerprint density at radius 3 is 3.07 bits per heavy atom. The maximum absolute atomic E-state index is 10.7. The van der Waals surface area contributed by atoms with E-state index in [0.717, 1.165) is 28.7 Å². The lowest BCUT2D eigenvalue weighted by Crippen LogP contribution is -2.02. The number of aryl methyl sites for hydroxylation is 1. The van der Waals surface area contributed by atoms with Gasteiger partial charge in [-0.25, -0.2) is 0 Å². The zero-order valence-corrected chi connectivity index (χ0v) is 8.45. The molecule has 0 amide bonds. The van der Waals surface area contributed by atoms with E-state index in [4.69, 9.17) is 5.11 Å². The maximum atomic E-state index is 10.7. The van der Waals surface area contributed by atoms with Crippen molar-refractivity contribution in [1.29, 1.82) is 0 Å². The molecule has 0 radical (unpaired) electrons. The topological polar surface area (TPSA) is 66.0 Å². The summed E-state index contributed by atoms with van der Waals surface area (Å²) in [7, 11) is 0. The van der Waals surface area contributed by atoms with E-state index in [2.05, 4.69) is 9.97 Å². The second-order valence-corrected chi connectivity index (χ2v) is 3.41. The van der Waals surface area contributed by atoms with E-state index < -0.39 is 5.97 Å². The molecule has 0 saturated carbocycles. The number of pyridine rings is 1. The Hall–Kier alpha value is -1.84. The molecule has 2 N–H and O–H groups in total. The molecule has 0 saturated heterocycles. The van der Waals surface area contributed by atoms with Gasteiger partial charge in [0.15, 0.2) is 0 Å². The number of nitrogens with zero attached hydrogens (tertiary/aromatic N) is 1. The first kappa shape index (κ1) is 9.71. The lowest BCUT2D eigenvalue weighted by atomic mass is 10.1. The summed E-state index contributed by atoms with van der Waals surface area (Å²) in [5.41, 5.74) is 3.45. The number of carbonyl (C=O) groups is 1. The number of hydrogen-bond donors (Lipinski definition) is 2. The number of fused-ring (bicyclic) bond motifs is 1. The standard InChI is InChI=1S/C11H12N2O2/c1-2-8-7(6-10(14)15)11-9(13-8)4-3-5-12-11/h3-5,13H,2,6H2,1H3,(H,14,15). The van der Waals surface area contributed by atoms with Crippen LogP contribution in [0, 0.1) is 0 Å². The molecule has 2 heterocycles. The van der Waals surface area contributed by atoms with Crippen molar-refractivity contribution < 1.29 is 9.90 Å². The minimum Gasteiger partial charge on any atom is -0.481 e. The molecule has 0 atom stereocenters. The van der Waals surface area contributed by atoms with Crippen molar-refractivity contribution in [3.8, 4) is 0 Å². The number of aliphatic carboxylic acids is 1. The average Bonchev–Trinajstić information content (AvgIpc) is 2.56. The number of nitrogens with one attached hydrogen (secondary N) is 1. The lowest BCUT2D eigenvalue weighted by Gasteiger charge is -1.97. The summed E-state index contributed by atoms with van der Waals surface area (Å²) in [4.78, 5) is 18.1. The molecule has 2 aromatic heterocycles. The summed E-state index contributed by atoms with van der Waals surface area (Å²) in [6, 6.07) is 3.75. The zero-order chi connectivity index (χ0) is 10.8. The van der Waals surface area contributed by atoms with Gasteiger partial charge in [-0.15, -0.1) is 0 Å². The van der Waals surface area contributed by atoms with E-state index in [-0.39, 0.29) is 6.42 Å². The van der Waals surface area contributed by atoms with Gasteiger partial charge in [-0.05, 0) is 18.6 Å². The average molecular weight is 204 g/mol. The molecule has 15 heavy (non-hydrogen) atoms. The number of aromatic amines is 1. The van der Waals surface area contributed by atoms with Crippen LogP contribution in [0.15, 0.2) is 18.3 Å². The highest BCUT2D eigenvalue weighted by Gasteiger charge is 2.13. The van der Waals surface area contributed by atoms with Crippen LogP contribution < -0.4 is 0 Å². The molecule has 0 bridgehead atoms. The Morgan fingerprint density at radius 1 is 1.60 bits per heavy atom. The molecule has 2 aromatic rings. The Bertz CT molecular complexity index is 502. The highest BCUT2D eigenvalue weighted by molar-refractivity contribution is 5.85. The number of carboxylic acid groups (broad SMARTS) is 1. The second-order valence-electron chi connectivity index (χ2n) is 3.41. The van der Waals surface area contributed by atoms with Crippen molar-refractivity contribution in [1.82, 2.24) is 9.97 Å².